The van der Waals surface area contributed by atoms with Gasteiger partial charge in [-0.3, -0.25) is 4.90 Å². The van der Waals surface area contributed by atoms with Gasteiger partial charge in [-0.25, -0.2) is 4.39 Å². The molecule has 3 nitrogen and oxygen atoms in total. The van der Waals surface area contributed by atoms with E-state index in [1.807, 2.05) is 6.07 Å². The van der Waals surface area contributed by atoms with Gasteiger partial charge in [0.25, 0.3) is 0 Å². The lowest BCUT2D eigenvalue weighted by Gasteiger charge is -2.37. The van der Waals surface area contributed by atoms with E-state index < -0.39 is 0 Å². The van der Waals surface area contributed by atoms with Crippen LogP contribution in [0, 0.1) is 5.82 Å². The molecule has 0 saturated carbocycles. The first-order valence-electron chi connectivity index (χ1n) is 10.0. The predicted molar refractivity (Wildman–Crippen MR) is 109 cm³/mol. The molecular formula is C22H25ClFN3. The average molecular weight is 386 g/mol. The third-order valence-electron chi connectivity index (χ3n) is 6.32. The standard InChI is InChI=1S/C22H25ClFN3/c23-18-11-17-4-2-8-27-21(25-20(13-18)22(17)27)14-26-9-6-15(7-10-26)16-3-1-5-19(24)12-16/h1,3,5,11-13,15,21,25H,2,4,6-10,14H2. The molecule has 5 rings (SSSR count). The lowest BCUT2D eigenvalue weighted by molar-refractivity contribution is 0.204. The Morgan fingerprint density at radius 1 is 1.11 bits per heavy atom. The van der Waals surface area contributed by atoms with Crippen LogP contribution in [-0.2, 0) is 6.42 Å². The number of anilines is 2. The molecular weight excluding hydrogens is 361 g/mol. The van der Waals surface area contributed by atoms with Crippen molar-refractivity contribution in [2.75, 3.05) is 36.4 Å². The van der Waals surface area contributed by atoms with Gasteiger partial charge in [0, 0.05) is 18.1 Å². The molecule has 5 heteroatoms. The summed E-state index contributed by atoms with van der Waals surface area (Å²) in [5, 5.41) is 4.53. The highest BCUT2D eigenvalue weighted by atomic mass is 35.5. The van der Waals surface area contributed by atoms with Crippen LogP contribution in [0.1, 0.15) is 36.3 Å². The van der Waals surface area contributed by atoms with E-state index in [1.165, 1.54) is 29.4 Å². The van der Waals surface area contributed by atoms with Gasteiger partial charge in [0.1, 0.15) is 12.0 Å². The molecule has 2 aromatic carbocycles. The van der Waals surface area contributed by atoms with Crippen molar-refractivity contribution in [3.8, 4) is 0 Å². The molecule has 0 bridgehead atoms. The molecule has 3 heterocycles. The monoisotopic (exact) mass is 385 g/mol. The van der Waals surface area contributed by atoms with E-state index in [4.69, 9.17) is 11.6 Å². The molecule has 3 aliphatic heterocycles. The number of piperidine rings is 1. The Kier molecular flexibility index (Phi) is 4.49. The van der Waals surface area contributed by atoms with Crippen LogP contribution in [0.5, 0.6) is 0 Å². The molecule has 2 aromatic rings. The molecule has 1 saturated heterocycles. The molecule has 3 aliphatic rings. The molecule has 0 amide bonds. The van der Waals surface area contributed by atoms with E-state index >= 15 is 0 Å². The molecule has 1 unspecified atom stereocenters. The van der Waals surface area contributed by atoms with Crippen molar-refractivity contribution in [1.29, 1.82) is 0 Å². The third-order valence-corrected chi connectivity index (χ3v) is 6.54. The zero-order valence-electron chi connectivity index (χ0n) is 15.4. The topological polar surface area (TPSA) is 18.5 Å². The predicted octanol–water partition coefficient (Wildman–Crippen LogP) is 4.86. The second kappa shape index (κ2) is 6.99. The maximum Gasteiger partial charge on any atom is 0.123 e. The van der Waals surface area contributed by atoms with Crippen molar-refractivity contribution in [2.24, 2.45) is 0 Å². The Labute approximate surface area is 165 Å². The van der Waals surface area contributed by atoms with Crippen molar-refractivity contribution in [3.05, 3.63) is 58.4 Å². The maximum absolute atomic E-state index is 13.5. The van der Waals surface area contributed by atoms with Gasteiger partial charge in [-0.05, 0) is 80.1 Å². The third kappa shape index (κ3) is 3.30. The summed E-state index contributed by atoms with van der Waals surface area (Å²) in [6.07, 6.45) is 4.82. The van der Waals surface area contributed by atoms with Gasteiger partial charge >= 0.3 is 0 Å². The Morgan fingerprint density at radius 3 is 2.78 bits per heavy atom. The smallest absolute Gasteiger partial charge is 0.123 e. The minimum absolute atomic E-state index is 0.123. The van der Waals surface area contributed by atoms with Crippen molar-refractivity contribution >= 4 is 23.0 Å². The van der Waals surface area contributed by atoms with Gasteiger partial charge in [-0.2, -0.15) is 0 Å². The molecule has 142 valence electrons. The summed E-state index contributed by atoms with van der Waals surface area (Å²) in [6, 6.07) is 11.3. The Bertz CT molecular complexity index is 847. The first-order valence-corrected chi connectivity index (χ1v) is 10.4. The Morgan fingerprint density at radius 2 is 1.96 bits per heavy atom. The van der Waals surface area contributed by atoms with Crippen LogP contribution in [0.15, 0.2) is 36.4 Å². The quantitative estimate of drug-likeness (QED) is 0.813. The molecule has 27 heavy (non-hydrogen) atoms. The van der Waals surface area contributed by atoms with Crippen LogP contribution >= 0.6 is 11.6 Å². The van der Waals surface area contributed by atoms with E-state index in [0.717, 1.165) is 56.0 Å². The SMILES string of the molecule is Fc1cccc(C2CCN(CC3Nc4cc(Cl)cc5c4N3CCC5)CC2)c1. The summed E-state index contributed by atoms with van der Waals surface area (Å²) in [5.74, 6) is 0.355. The fourth-order valence-corrected chi connectivity index (χ4v) is 5.26. The molecule has 1 N–H and O–H groups in total. The molecule has 0 spiro atoms. The summed E-state index contributed by atoms with van der Waals surface area (Å²) in [6.45, 7) is 4.26. The zero-order chi connectivity index (χ0) is 18.4. The van der Waals surface area contributed by atoms with E-state index in [9.17, 15) is 4.39 Å². The molecule has 0 radical (unpaired) electrons. The van der Waals surface area contributed by atoms with E-state index in [-0.39, 0.29) is 5.82 Å². The minimum Gasteiger partial charge on any atom is -0.362 e. The Hall–Kier alpha value is -1.78. The number of halogens is 2. The molecule has 0 aliphatic carbocycles. The summed E-state index contributed by atoms with van der Waals surface area (Å²) in [4.78, 5) is 5.08. The lowest BCUT2D eigenvalue weighted by Crippen LogP contribution is -2.48. The maximum atomic E-state index is 13.5. The molecule has 0 aromatic heterocycles. The van der Waals surface area contributed by atoms with Crippen LogP contribution in [0.3, 0.4) is 0 Å². The number of aryl methyl sites for hydroxylation is 1. The zero-order valence-corrected chi connectivity index (χ0v) is 16.2. The van der Waals surface area contributed by atoms with Crippen LogP contribution < -0.4 is 10.2 Å². The fourth-order valence-electron chi connectivity index (χ4n) is 5.01. The largest absolute Gasteiger partial charge is 0.362 e. The van der Waals surface area contributed by atoms with Crippen LogP contribution in [0.4, 0.5) is 15.8 Å². The highest BCUT2D eigenvalue weighted by Gasteiger charge is 2.35. The van der Waals surface area contributed by atoms with Gasteiger partial charge < -0.3 is 10.2 Å². The second-order valence-electron chi connectivity index (χ2n) is 8.05. The van der Waals surface area contributed by atoms with E-state index in [2.05, 4.69) is 33.3 Å². The highest BCUT2D eigenvalue weighted by Crippen LogP contribution is 2.43. The van der Waals surface area contributed by atoms with Gasteiger partial charge in [0.2, 0.25) is 0 Å². The average Bonchev–Trinajstić information content (AvgIpc) is 3.01. The van der Waals surface area contributed by atoms with Gasteiger partial charge in [0.05, 0.1) is 11.4 Å². The number of nitrogens with zero attached hydrogens (tertiary/aromatic N) is 2. The van der Waals surface area contributed by atoms with Crippen molar-refractivity contribution in [1.82, 2.24) is 4.90 Å². The molecule has 1 fully saturated rings. The van der Waals surface area contributed by atoms with Crippen LogP contribution in [-0.4, -0.2) is 37.2 Å². The first-order chi connectivity index (χ1) is 13.2. The summed E-state index contributed by atoms with van der Waals surface area (Å²) >= 11 is 6.31. The van der Waals surface area contributed by atoms with E-state index in [0.29, 0.717) is 12.1 Å². The van der Waals surface area contributed by atoms with Crippen LogP contribution in [0.2, 0.25) is 5.02 Å². The number of hydrogen-bond donors (Lipinski definition) is 1. The fraction of sp³-hybridized carbons (Fsp3) is 0.455. The van der Waals surface area contributed by atoms with Gasteiger partial charge in [-0.1, -0.05) is 23.7 Å². The normalized spacial score (nSPS) is 22.6. The van der Waals surface area contributed by atoms with Gasteiger partial charge in [-0.15, -0.1) is 0 Å². The second-order valence-corrected chi connectivity index (χ2v) is 8.48. The number of hydrogen-bond acceptors (Lipinski definition) is 3. The summed E-state index contributed by atoms with van der Waals surface area (Å²) in [7, 11) is 0. The lowest BCUT2D eigenvalue weighted by atomic mass is 9.89. The number of benzene rings is 2. The first kappa shape index (κ1) is 17.3. The van der Waals surface area contributed by atoms with Crippen molar-refractivity contribution < 1.29 is 4.39 Å². The number of rotatable bonds is 3. The molecule has 1 atom stereocenters. The van der Waals surface area contributed by atoms with Gasteiger partial charge in [0.15, 0.2) is 0 Å². The van der Waals surface area contributed by atoms with E-state index in [1.54, 1.807) is 6.07 Å². The number of nitrogens with one attached hydrogen (secondary N) is 1. The Balaban J connectivity index is 1.24. The highest BCUT2D eigenvalue weighted by molar-refractivity contribution is 6.31. The summed E-state index contributed by atoms with van der Waals surface area (Å²) < 4.78 is 13.5. The number of likely N-dealkylation sites (tertiary alicyclic amines) is 1. The summed E-state index contributed by atoms with van der Waals surface area (Å²) in [5.41, 5.74) is 5.09. The van der Waals surface area contributed by atoms with Crippen molar-refractivity contribution in [2.45, 2.75) is 37.8 Å². The van der Waals surface area contributed by atoms with Crippen LogP contribution in [0.25, 0.3) is 0 Å². The van der Waals surface area contributed by atoms with Crippen molar-refractivity contribution in [3.63, 3.8) is 0 Å². The minimum atomic E-state index is -0.123.